The van der Waals surface area contributed by atoms with E-state index in [1.54, 1.807) is 0 Å². The summed E-state index contributed by atoms with van der Waals surface area (Å²) in [6, 6.07) is 29.4. The van der Waals surface area contributed by atoms with Crippen LogP contribution in [0.2, 0.25) is 0 Å². The van der Waals surface area contributed by atoms with E-state index in [2.05, 4.69) is 136 Å². The summed E-state index contributed by atoms with van der Waals surface area (Å²) in [6.07, 6.45) is 4.83. The minimum atomic E-state index is 0. The zero-order valence-electron chi connectivity index (χ0n) is 22.8. The molecule has 0 aliphatic heterocycles. The van der Waals surface area contributed by atoms with Crippen LogP contribution in [0, 0.1) is 44.3 Å². The number of halogens is 1. The molecule has 2 nitrogen and oxygen atoms in total. The number of para-hydroxylation sites is 3. The first kappa shape index (κ1) is 30.8. The number of rotatable bonds is 2. The Morgan fingerprint density at radius 1 is 0.865 bits per heavy atom. The largest absolute Gasteiger partial charge is 0.335 e. The van der Waals surface area contributed by atoms with E-state index in [9.17, 15) is 0 Å². The van der Waals surface area contributed by atoms with Crippen molar-refractivity contribution in [2.45, 2.75) is 53.9 Å². The molecule has 0 amide bonds. The maximum Gasteiger partial charge on any atom is 0.0798 e. The Kier molecular flexibility index (Phi) is 11.1. The molecule has 1 aromatic heterocycles. The summed E-state index contributed by atoms with van der Waals surface area (Å²) in [5.74, 6) is 0.940. The molecule has 37 heavy (non-hydrogen) atoms. The van der Waals surface area contributed by atoms with Gasteiger partial charge in [-0.05, 0) is 42.5 Å². The fourth-order valence-corrected chi connectivity index (χ4v) is 4.56. The molecule has 0 N–H and O–H groups in total. The number of benzene rings is 4. The van der Waals surface area contributed by atoms with Gasteiger partial charge in [0, 0.05) is 25.8 Å². The van der Waals surface area contributed by atoms with Crippen molar-refractivity contribution in [3.63, 3.8) is 0 Å². The molecule has 0 aliphatic rings. The Hall–Kier alpha value is -2.45. The van der Waals surface area contributed by atoms with Crippen LogP contribution in [-0.4, -0.2) is 9.55 Å². The zero-order chi connectivity index (χ0) is 26.5. The average Bonchev–Trinajstić information content (AvgIpc) is 3.24. The first-order chi connectivity index (χ1) is 17.3. The average molecular weight is 689 g/mol. The molecule has 0 saturated carbocycles. The molecule has 197 valence electrons. The van der Waals surface area contributed by atoms with E-state index in [0.717, 1.165) is 27.8 Å². The van der Waals surface area contributed by atoms with Crippen LogP contribution in [0.5, 0.6) is 0 Å². The summed E-state index contributed by atoms with van der Waals surface area (Å²) in [5, 5.41) is 2.39. The topological polar surface area (TPSA) is 17.8 Å². The van der Waals surface area contributed by atoms with Crippen LogP contribution in [0.3, 0.4) is 0 Å². The maximum absolute atomic E-state index is 5.10. The quantitative estimate of drug-likeness (QED) is 0.170. The van der Waals surface area contributed by atoms with Crippen molar-refractivity contribution in [3.05, 3.63) is 108 Å². The number of imidazole rings is 1. The number of nitrogens with zero attached hydrogens (tertiary/aromatic N) is 2. The van der Waals surface area contributed by atoms with Gasteiger partial charge in [-0.2, -0.15) is 13.8 Å². The van der Waals surface area contributed by atoms with Crippen molar-refractivity contribution in [1.29, 1.82) is 0 Å². The minimum Gasteiger partial charge on any atom is -0.335 e. The van der Waals surface area contributed by atoms with Crippen LogP contribution < -0.4 is 0 Å². The minimum absolute atomic E-state index is 0. The molecule has 0 aliphatic carbocycles. The molecule has 0 saturated heterocycles. The Morgan fingerprint density at radius 2 is 1.43 bits per heavy atom. The third-order valence-electron chi connectivity index (χ3n) is 6.05. The molecule has 0 fully saturated rings. The summed E-state index contributed by atoms with van der Waals surface area (Å²) in [6.45, 7) is 15.2. The SMILES string of the molecule is C[CH-]C.Cc1cccc(C)c1-n1c(-c2[c-]c3ccccc3c(C(C)(C)C)c2)nc2ccccc21.[CH2-][ClH+].[Ir]. The number of hydrogen-bond acceptors (Lipinski definition) is 1. The van der Waals surface area contributed by atoms with Gasteiger partial charge in [0.15, 0.2) is 0 Å². The smallest absolute Gasteiger partial charge is 0.0798 e. The van der Waals surface area contributed by atoms with Gasteiger partial charge >= 0.3 is 0 Å². The van der Waals surface area contributed by atoms with Crippen molar-refractivity contribution in [3.8, 4) is 17.1 Å². The molecule has 0 atom stereocenters. The number of fused-ring (bicyclic) bond motifs is 2. The molecule has 4 aromatic carbocycles. The van der Waals surface area contributed by atoms with E-state index >= 15 is 0 Å². The Bertz CT molecular complexity index is 1440. The first-order valence-corrected chi connectivity index (χ1v) is 12.9. The second-order valence-electron chi connectivity index (χ2n) is 9.97. The summed E-state index contributed by atoms with van der Waals surface area (Å²) >= 11 is 3.83. The van der Waals surface area contributed by atoms with Crippen molar-refractivity contribution in [1.82, 2.24) is 9.55 Å². The van der Waals surface area contributed by atoms with Crippen LogP contribution in [0.25, 0.3) is 38.9 Å². The van der Waals surface area contributed by atoms with E-state index in [0.29, 0.717) is 0 Å². The number of aryl methyl sites for hydroxylation is 2. The van der Waals surface area contributed by atoms with Gasteiger partial charge in [-0.15, -0.1) is 29.1 Å². The Labute approximate surface area is 241 Å². The van der Waals surface area contributed by atoms with Crippen LogP contribution in [0.1, 0.15) is 51.3 Å². The fraction of sp³-hybridized carbons (Fsp3) is 0.242. The predicted molar refractivity (Wildman–Crippen MR) is 153 cm³/mol. The van der Waals surface area contributed by atoms with E-state index in [1.165, 1.54) is 27.8 Å². The summed E-state index contributed by atoms with van der Waals surface area (Å²) in [5.41, 5.74) is 8.15. The van der Waals surface area contributed by atoms with Gasteiger partial charge in [0.2, 0.25) is 0 Å². The zero-order valence-corrected chi connectivity index (χ0v) is 26.1. The molecule has 0 unspecified atom stereocenters. The van der Waals surface area contributed by atoms with Crippen molar-refractivity contribution < 1.29 is 31.7 Å². The molecule has 5 aromatic rings. The Balaban J connectivity index is 0.000000750. The van der Waals surface area contributed by atoms with Crippen molar-refractivity contribution >= 4 is 21.8 Å². The van der Waals surface area contributed by atoms with Gasteiger partial charge in [-0.25, -0.2) is 0 Å². The second kappa shape index (κ2) is 13.4. The van der Waals surface area contributed by atoms with E-state index < -0.39 is 0 Å². The monoisotopic (exact) mass is 689 g/mol. The van der Waals surface area contributed by atoms with Gasteiger partial charge < -0.3 is 11.0 Å². The third kappa shape index (κ3) is 6.52. The van der Waals surface area contributed by atoms with Crippen molar-refractivity contribution in [2.75, 3.05) is 0 Å². The Morgan fingerprint density at radius 3 is 2.05 bits per heavy atom. The molecule has 1 radical (unpaired) electrons. The van der Waals surface area contributed by atoms with Gasteiger partial charge in [0.1, 0.15) is 0 Å². The summed E-state index contributed by atoms with van der Waals surface area (Å²) in [4.78, 5) is 5.10. The first-order valence-electron chi connectivity index (χ1n) is 12.3. The number of aromatic nitrogens is 2. The third-order valence-corrected chi connectivity index (χ3v) is 6.05. The van der Waals surface area contributed by atoms with Crippen LogP contribution in [0.4, 0.5) is 0 Å². The second-order valence-corrected chi connectivity index (χ2v) is 9.97. The fourth-order valence-electron chi connectivity index (χ4n) is 4.56. The van der Waals surface area contributed by atoms with E-state index in [1.807, 2.05) is 20.3 Å². The number of hydrogen-bond donors (Lipinski definition) is 0. The molecule has 1 heterocycles. The van der Waals surface area contributed by atoms with Crippen LogP contribution >= 0.6 is 0 Å². The van der Waals surface area contributed by atoms with Gasteiger partial charge in [0.25, 0.3) is 0 Å². The summed E-state index contributed by atoms with van der Waals surface area (Å²) < 4.78 is 2.31. The molecule has 0 spiro atoms. The van der Waals surface area contributed by atoms with Gasteiger partial charge in [-0.3, -0.25) is 4.98 Å². The van der Waals surface area contributed by atoms with E-state index in [-0.39, 0.29) is 25.5 Å². The molecule has 5 rings (SSSR count). The summed E-state index contributed by atoms with van der Waals surface area (Å²) in [7, 11) is 0. The maximum atomic E-state index is 5.10. The van der Waals surface area contributed by atoms with Crippen LogP contribution in [0.15, 0.2) is 72.8 Å². The van der Waals surface area contributed by atoms with Crippen LogP contribution in [-0.2, 0) is 25.5 Å². The molecular weight excluding hydrogens is 652 g/mol. The normalized spacial score (nSPS) is 10.7. The predicted octanol–water partition coefficient (Wildman–Crippen LogP) is 8.85. The molecule has 0 bridgehead atoms. The standard InChI is InChI=1S/C29H27N2.C3H7.CH3Cl.Ir/c1-19-11-10-12-20(2)27(19)31-26-16-9-8-15-25(26)30-28(31)22-17-21-13-6-7-14-23(21)24(18-22)29(3,4)5;1-3-2;1-2;/h6-16,18H,1-5H3;3H,1-2H3;2H,1H2;/q2*-1;;. The van der Waals surface area contributed by atoms with E-state index in [4.69, 9.17) is 4.98 Å². The van der Waals surface area contributed by atoms with Gasteiger partial charge in [-0.1, -0.05) is 98.2 Å². The van der Waals surface area contributed by atoms with Gasteiger partial charge in [0.05, 0.1) is 16.9 Å². The van der Waals surface area contributed by atoms with Crippen molar-refractivity contribution in [2.24, 2.45) is 0 Å². The molecule has 4 heteroatoms. The molecular formula is C33H37ClIrN2-2.